The second-order valence-corrected chi connectivity index (χ2v) is 8.09. The van der Waals surface area contributed by atoms with Gasteiger partial charge in [-0.2, -0.15) is 4.99 Å². The number of amides is 2. The minimum absolute atomic E-state index is 0.0668. The zero-order chi connectivity index (χ0) is 21.6. The number of halogens is 1. The molecule has 0 spiro atoms. The first-order valence-electron chi connectivity index (χ1n) is 10.1. The zero-order valence-corrected chi connectivity index (χ0v) is 17.6. The molecule has 1 aliphatic heterocycles. The first-order chi connectivity index (χ1) is 15.1. The van der Waals surface area contributed by atoms with E-state index in [0.717, 1.165) is 25.0 Å². The van der Waals surface area contributed by atoms with Crippen molar-refractivity contribution < 1.29 is 18.7 Å². The van der Waals surface area contributed by atoms with Crippen LogP contribution in [0.2, 0.25) is 0 Å². The Kier molecular flexibility index (Phi) is 6.69. The van der Waals surface area contributed by atoms with Gasteiger partial charge in [-0.25, -0.2) is 4.39 Å². The first-order valence-corrected chi connectivity index (χ1v) is 10.9. The highest BCUT2D eigenvalue weighted by molar-refractivity contribution is 7.07. The fourth-order valence-corrected chi connectivity index (χ4v) is 4.19. The molecule has 0 bridgehead atoms. The normalized spacial score (nSPS) is 16.4. The van der Waals surface area contributed by atoms with E-state index in [1.165, 1.54) is 29.5 Å². The number of ether oxygens (including phenoxy) is 1. The average Bonchev–Trinajstić information content (AvgIpc) is 3.45. The third kappa shape index (κ3) is 5.15. The molecule has 1 atom stereocenters. The molecule has 1 aromatic heterocycles. The number of thiazole rings is 1. The first kappa shape index (κ1) is 21.1. The second-order valence-electron chi connectivity index (χ2n) is 7.21. The lowest BCUT2D eigenvalue weighted by molar-refractivity contribution is 0.0856. The van der Waals surface area contributed by atoms with Gasteiger partial charge in [-0.15, -0.1) is 11.3 Å². The van der Waals surface area contributed by atoms with E-state index in [2.05, 4.69) is 10.3 Å². The van der Waals surface area contributed by atoms with Crippen molar-refractivity contribution in [1.82, 2.24) is 9.88 Å². The topological polar surface area (TPSA) is 72.7 Å². The van der Waals surface area contributed by atoms with Gasteiger partial charge in [0.05, 0.1) is 18.2 Å². The third-order valence-corrected chi connectivity index (χ3v) is 5.87. The highest BCUT2D eigenvalue weighted by atomic mass is 32.1. The van der Waals surface area contributed by atoms with Crippen LogP contribution in [-0.4, -0.2) is 35.6 Å². The maximum atomic E-state index is 13.9. The standard InChI is InChI=1S/C23H22FN3O3S/c24-20-10-4-3-9-19(20)22(29)26-23-27(11-13-31-23)15-16-6-1-2-8-18(16)21(28)25-14-17-7-5-12-30-17/h1-4,6,8-11,13,17H,5,7,12,14-15H2,(H,25,28). The second kappa shape index (κ2) is 9.80. The van der Waals surface area contributed by atoms with Crippen molar-refractivity contribution in [3.05, 3.63) is 87.4 Å². The monoisotopic (exact) mass is 439 g/mol. The molecule has 4 rings (SSSR count). The van der Waals surface area contributed by atoms with Crippen LogP contribution in [0.5, 0.6) is 0 Å². The van der Waals surface area contributed by atoms with Crippen LogP contribution in [0.25, 0.3) is 0 Å². The summed E-state index contributed by atoms with van der Waals surface area (Å²) in [6, 6.07) is 13.1. The lowest BCUT2D eigenvalue weighted by Gasteiger charge is -2.13. The number of hydrogen-bond acceptors (Lipinski definition) is 4. The molecule has 8 heteroatoms. The Morgan fingerprint density at radius 3 is 2.71 bits per heavy atom. The molecular weight excluding hydrogens is 417 g/mol. The number of carbonyl (C=O) groups excluding carboxylic acids is 2. The smallest absolute Gasteiger partial charge is 0.282 e. The van der Waals surface area contributed by atoms with Crippen molar-refractivity contribution in [2.75, 3.05) is 13.2 Å². The van der Waals surface area contributed by atoms with Crippen LogP contribution < -0.4 is 10.1 Å². The van der Waals surface area contributed by atoms with Gasteiger partial charge in [-0.1, -0.05) is 30.3 Å². The maximum Gasteiger partial charge on any atom is 0.282 e. The van der Waals surface area contributed by atoms with Gasteiger partial charge in [-0.05, 0) is 36.6 Å². The molecule has 1 N–H and O–H groups in total. The molecule has 160 valence electrons. The fourth-order valence-electron chi connectivity index (χ4n) is 3.46. The molecule has 0 saturated carbocycles. The van der Waals surface area contributed by atoms with Crippen molar-refractivity contribution in [2.45, 2.75) is 25.5 Å². The molecule has 1 unspecified atom stereocenters. The van der Waals surface area contributed by atoms with Crippen molar-refractivity contribution in [3.63, 3.8) is 0 Å². The van der Waals surface area contributed by atoms with Crippen molar-refractivity contribution >= 4 is 23.2 Å². The van der Waals surface area contributed by atoms with Gasteiger partial charge in [0.15, 0.2) is 4.80 Å². The third-order valence-electron chi connectivity index (χ3n) is 5.08. The van der Waals surface area contributed by atoms with Crippen molar-refractivity contribution in [3.8, 4) is 0 Å². The summed E-state index contributed by atoms with van der Waals surface area (Å²) in [6.07, 6.45) is 3.83. The summed E-state index contributed by atoms with van der Waals surface area (Å²) in [4.78, 5) is 29.7. The van der Waals surface area contributed by atoms with Crippen molar-refractivity contribution in [1.29, 1.82) is 0 Å². The van der Waals surface area contributed by atoms with Gasteiger partial charge in [0.25, 0.3) is 11.8 Å². The van der Waals surface area contributed by atoms with E-state index < -0.39 is 11.7 Å². The number of hydrogen-bond donors (Lipinski definition) is 1. The van der Waals surface area contributed by atoms with Gasteiger partial charge in [-0.3, -0.25) is 9.59 Å². The fraction of sp³-hybridized carbons (Fsp3) is 0.261. The van der Waals surface area contributed by atoms with Gasteiger partial charge < -0.3 is 14.6 Å². The lowest BCUT2D eigenvalue weighted by Crippen LogP contribution is -2.32. The van der Waals surface area contributed by atoms with Crippen LogP contribution in [0.1, 0.15) is 39.1 Å². The number of carbonyl (C=O) groups is 2. The van der Waals surface area contributed by atoms with E-state index in [4.69, 9.17) is 4.74 Å². The van der Waals surface area contributed by atoms with Crippen LogP contribution in [0.3, 0.4) is 0 Å². The number of nitrogens with one attached hydrogen (secondary N) is 1. The van der Waals surface area contributed by atoms with Gasteiger partial charge in [0, 0.05) is 30.3 Å². The van der Waals surface area contributed by atoms with Crippen LogP contribution in [0.4, 0.5) is 4.39 Å². The Bertz CT molecular complexity index is 1150. The quantitative estimate of drug-likeness (QED) is 0.640. The Hall–Kier alpha value is -3.10. The molecule has 0 aliphatic carbocycles. The molecule has 3 aromatic rings. The van der Waals surface area contributed by atoms with Gasteiger partial charge in [0.2, 0.25) is 0 Å². The number of rotatable bonds is 6. The summed E-state index contributed by atoms with van der Waals surface area (Å²) in [7, 11) is 0. The summed E-state index contributed by atoms with van der Waals surface area (Å²) in [5.74, 6) is -1.41. The maximum absolute atomic E-state index is 13.9. The number of nitrogens with zero attached hydrogens (tertiary/aromatic N) is 2. The molecule has 0 radical (unpaired) electrons. The highest BCUT2D eigenvalue weighted by Crippen LogP contribution is 2.14. The molecule has 1 saturated heterocycles. The molecule has 6 nitrogen and oxygen atoms in total. The van der Waals surface area contributed by atoms with Crippen LogP contribution in [-0.2, 0) is 11.3 Å². The van der Waals surface area contributed by atoms with E-state index >= 15 is 0 Å². The van der Waals surface area contributed by atoms with E-state index in [0.29, 0.717) is 23.5 Å². The minimum Gasteiger partial charge on any atom is -0.376 e. The largest absolute Gasteiger partial charge is 0.376 e. The minimum atomic E-state index is -0.642. The van der Waals surface area contributed by atoms with Gasteiger partial charge >= 0.3 is 0 Å². The molecule has 31 heavy (non-hydrogen) atoms. The Balaban J connectivity index is 1.53. The van der Waals surface area contributed by atoms with E-state index in [-0.39, 0.29) is 17.6 Å². The Morgan fingerprint density at radius 1 is 1.16 bits per heavy atom. The predicted molar refractivity (Wildman–Crippen MR) is 115 cm³/mol. The van der Waals surface area contributed by atoms with E-state index in [1.54, 1.807) is 28.3 Å². The zero-order valence-electron chi connectivity index (χ0n) is 16.8. The highest BCUT2D eigenvalue weighted by Gasteiger charge is 2.18. The molecule has 2 aromatic carbocycles. The van der Waals surface area contributed by atoms with Crippen LogP contribution in [0, 0.1) is 5.82 Å². The molecule has 2 heterocycles. The Morgan fingerprint density at radius 2 is 1.94 bits per heavy atom. The SMILES string of the molecule is O=C(N=c1sccn1Cc1ccccc1C(=O)NCC1CCCO1)c1ccccc1F. The summed E-state index contributed by atoms with van der Waals surface area (Å²) in [5, 5.41) is 4.74. The van der Waals surface area contributed by atoms with Crippen LogP contribution >= 0.6 is 11.3 Å². The molecule has 1 aliphatic rings. The van der Waals surface area contributed by atoms with Crippen LogP contribution in [0.15, 0.2) is 65.1 Å². The van der Waals surface area contributed by atoms with Gasteiger partial charge in [0.1, 0.15) is 5.82 Å². The van der Waals surface area contributed by atoms with Crippen molar-refractivity contribution in [2.24, 2.45) is 4.99 Å². The van der Waals surface area contributed by atoms with E-state index in [9.17, 15) is 14.0 Å². The summed E-state index contributed by atoms with van der Waals surface area (Å²) >= 11 is 1.27. The predicted octanol–water partition coefficient (Wildman–Crippen LogP) is 3.39. The Labute approximate surface area is 183 Å². The summed E-state index contributed by atoms with van der Waals surface area (Å²) < 4.78 is 21.2. The molecule has 2 amide bonds. The number of benzene rings is 2. The average molecular weight is 440 g/mol. The molecule has 1 fully saturated rings. The summed E-state index contributed by atoms with van der Waals surface area (Å²) in [5.41, 5.74) is 1.28. The lowest BCUT2D eigenvalue weighted by atomic mass is 10.1. The number of aromatic nitrogens is 1. The molecular formula is C23H22FN3O3S. The summed E-state index contributed by atoms with van der Waals surface area (Å²) in [6.45, 7) is 1.58. The van der Waals surface area contributed by atoms with E-state index in [1.807, 2.05) is 18.2 Å².